The van der Waals surface area contributed by atoms with Gasteiger partial charge in [0.2, 0.25) is 5.91 Å². The van der Waals surface area contributed by atoms with Crippen LogP contribution in [0.5, 0.6) is 0 Å². The first-order valence-electron chi connectivity index (χ1n) is 9.90. The number of anilines is 1. The van der Waals surface area contributed by atoms with E-state index in [4.69, 9.17) is 0 Å². The lowest BCUT2D eigenvalue weighted by atomic mass is 9.95. The van der Waals surface area contributed by atoms with Gasteiger partial charge in [-0.1, -0.05) is 0 Å². The van der Waals surface area contributed by atoms with Crippen LogP contribution in [-0.4, -0.2) is 49.6 Å². The maximum Gasteiger partial charge on any atom is 0.416 e. The number of rotatable bonds is 4. The van der Waals surface area contributed by atoms with Crippen LogP contribution in [0.2, 0.25) is 0 Å². The first kappa shape index (κ1) is 21.5. The predicted octanol–water partition coefficient (Wildman–Crippen LogP) is 3.17. The van der Waals surface area contributed by atoms with Gasteiger partial charge in [-0.3, -0.25) is 9.59 Å². The van der Waals surface area contributed by atoms with E-state index in [2.05, 4.69) is 20.4 Å². The molecule has 0 aliphatic carbocycles. The molecule has 1 aliphatic rings. The fourth-order valence-electron chi connectivity index (χ4n) is 3.50. The van der Waals surface area contributed by atoms with Gasteiger partial charge in [0, 0.05) is 24.6 Å². The Hall–Kier alpha value is -3.76. The van der Waals surface area contributed by atoms with Gasteiger partial charge in [0.15, 0.2) is 5.82 Å². The number of pyridine rings is 1. The van der Waals surface area contributed by atoms with E-state index in [1.165, 1.54) is 35.7 Å². The first-order chi connectivity index (χ1) is 15.3. The second-order valence-corrected chi connectivity index (χ2v) is 7.38. The molecule has 0 saturated carbocycles. The van der Waals surface area contributed by atoms with E-state index in [0.717, 1.165) is 12.1 Å². The van der Waals surface area contributed by atoms with Crippen molar-refractivity contribution >= 4 is 17.5 Å². The topological polar surface area (TPSA) is 93.0 Å². The van der Waals surface area contributed by atoms with Crippen molar-refractivity contribution in [2.45, 2.75) is 19.0 Å². The van der Waals surface area contributed by atoms with Gasteiger partial charge in [-0.2, -0.15) is 18.3 Å². The number of nitrogens with one attached hydrogen (secondary N) is 1. The molecule has 2 aromatic heterocycles. The average Bonchev–Trinajstić information content (AvgIpc) is 3.34. The van der Waals surface area contributed by atoms with Crippen LogP contribution < -0.4 is 5.32 Å². The van der Waals surface area contributed by atoms with Gasteiger partial charge < -0.3 is 10.2 Å². The van der Waals surface area contributed by atoms with Gasteiger partial charge in [0.25, 0.3) is 5.91 Å². The van der Waals surface area contributed by atoms with Crippen LogP contribution >= 0.6 is 0 Å². The highest BCUT2D eigenvalue weighted by atomic mass is 19.4. The number of hydrogen-bond donors (Lipinski definition) is 1. The zero-order valence-corrected chi connectivity index (χ0v) is 16.8. The molecule has 0 unspecified atom stereocenters. The number of likely N-dealkylation sites (tertiary alicyclic amines) is 1. The summed E-state index contributed by atoms with van der Waals surface area (Å²) < 4.78 is 39.6. The molecule has 0 atom stereocenters. The number of piperidine rings is 1. The molecular formula is C21H19F3N6O2. The predicted molar refractivity (Wildman–Crippen MR) is 108 cm³/mol. The minimum atomic E-state index is -4.44. The molecule has 1 aliphatic heterocycles. The Kier molecular flexibility index (Phi) is 5.89. The third-order valence-electron chi connectivity index (χ3n) is 5.28. The third kappa shape index (κ3) is 4.76. The van der Waals surface area contributed by atoms with Crippen molar-refractivity contribution in [2.75, 3.05) is 18.4 Å². The quantitative estimate of drug-likeness (QED) is 0.667. The highest BCUT2D eigenvalue weighted by Gasteiger charge is 2.31. The lowest BCUT2D eigenvalue weighted by Crippen LogP contribution is -2.41. The molecule has 1 saturated heterocycles. The maximum absolute atomic E-state index is 12.7. The summed E-state index contributed by atoms with van der Waals surface area (Å²) in [6.45, 7) is 0.697. The molecule has 1 aromatic carbocycles. The zero-order valence-electron chi connectivity index (χ0n) is 16.8. The van der Waals surface area contributed by atoms with Gasteiger partial charge in [-0.15, -0.1) is 0 Å². The van der Waals surface area contributed by atoms with Crippen molar-refractivity contribution in [1.82, 2.24) is 24.6 Å². The summed E-state index contributed by atoms with van der Waals surface area (Å²) in [5.74, 6) is -0.218. The lowest BCUT2D eigenvalue weighted by Gasteiger charge is -2.31. The second-order valence-electron chi connectivity index (χ2n) is 7.38. The highest BCUT2D eigenvalue weighted by Crippen LogP contribution is 2.29. The summed E-state index contributed by atoms with van der Waals surface area (Å²) in [4.78, 5) is 34.8. The normalized spacial score (nSPS) is 14.9. The summed E-state index contributed by atoms with van der Waals surface area (Å²) in [5.41, 5.74) is -0.0604. The summed E-state index contributed by atoms with van der Waals surface area (Å²) >= 11 is 0. The van der Waals surface area contributed by atoms with Gasteiger partial charge in [0.05, 0.1) is 17.4 Å². The number of benzene rings is 1. The van der Waals surface area contributed by atoms with E-state index in [0.29, 0.717) is 37.4 Å². The molecule has 3 heterocycles. The number of amides is 2. The molecule has 166 valence electrons. The van der Waals surface area contributed by atoms with E-state index < -0.39 is 11.7 Å². The largest absolute Gasteiger partial charge is 0.416 e. The van der Waals surface area contributed by atoms with E-state index in [1.807, 2.05) is 0 Å². The Bertz CT molecular complexity index is 1070. The van der Waals surface area contributed by atoms with Crippen LogP contribution in [0.1, 0.15) is 28.8 Å². The van der Waals surface area contributed by atoms with Gasteiger partial charge >= 0.3 is 6.18 Å². The Morgan fingerprint density at radius 3 is 2.31 bits per heavy atom. The molecule has 3 aromatic rings. The summed E-state index contributed by atoms with van der Waals surface area (Å²) in [6, 6.07) is 7.58. The Balaban J connectivity index is 1.30. The van der Waals surface area contributed by atoms with Crippen LogP contribution in [0, 0.1) is 5.92 Å². The number of hydrogen-bond acceptors (Lipinski definition) is 5. The van der Waals surface area contributed by atoms with Crippen molar-refractivity contribution in [3.63, 3.8) is 0 Å². The van der Waals surface area contributed by atoms with Gasteiger partial charge in [-0.05, 0) is 49.2 Å². The zero-order chi connectivity index (χ0) is 22.7. The number of aromatic nitrogens is 4. The van der Waals surface area contributed by atoms with Crippen molar-refractivity contribution in [3.05, 3.63) is 66.4 Å². The molecule has 11 heteroatoms. The molecule has 0 spiro atoms. The average molecular weight is 444 g/mol. The molecule has 32 heavy (non-hydrogen) atoms. The van der Waals surface area contributed by atoms with Crippen LogP contribution in [0.3, 0.4) is 0 Å². The summed E-state index contributed by atoms with van der Waals surface area (Å²) in [6.07, 6.45) is 0.912. The molecular weight excluding hydrogens is 425 g/mol. The minimum absolute atomic E-state index is 0.165. The van der Waals surface area contributed by atoms with Gasteiger partial charge in [0.1, 0.15) is 12.7 Å². The Morgan fingerprint density at radius 2 is 1.75 bits per heavy atom. The van der Waals surface area contributed by atoms with E-state index in [9.17, 15) is 22.8 Å². The fourth-order valence-corrected chi connectivity index (χ4v) is 3.50. The molecule has 8 nitrogen and oxygen atoms in total. The van der Waals surface area contributed by atoms with Crippen LogP contribution in [0.25, 0.3) is 5.82 Å². The monoisotopic (exact) mass is 444 g/mol. The number of carbonyl (C=O) groups is 2. The second kappa shape index (κ2) is 8.77. The lowest BCUT2D eigenvalue weighted by molar-refractivity contribution is -0.137. The molecule has 1 N–H and O–H groups in total. The van der Waals surface area contributed by atoms with Crippen LogP contribution in [-0.2, 0) is 11.0 Å². The van der Waals surface area contributed by atoms with Crippen LogP contribution in [0.15, 0.2) is 55.2 Å². The standard InChI is InChI=1S/C21H19F3N6O2/c22-21(23,24)16-3-1-15(2-4-16)20(32)29-9-7-14(8-10-29)19(31)28-17-5-6-18(26-11-17)30-13-25-12-27-30/h1-6,11-14H,7-10H2,(H,28,31). The van der Waals surface area contributed by atoms with E-state index >= 15 is 0 Å². The minimum Gasteiger partial charge on any atom is -0.339 e. The number of alkyl halides is 3. The molecule has 1 fully saturated rings. The fraction of sp³-hybridized carbons (Fsp3) is 0.286. The van der Waals surface area contributed by atoms with Crippen molar-refractivity contribution < 1.29 is 22.8 Å². The van der Waals surface area contributed by atoms with E-state index in [1.54, 1.807) is 17.0 Å². The van der Waals surface area contributed by atoms with Crippen molar-refractivity contribution in [1.29, 1.82) is 0 Å². The maximum atomic E-state index is 12.7. The van der Waals surface area contributed by atoms with Gasteiger partial charge in [-0.25, -0.2) is 14.6 Å². The number of halogens is 3. The van der Waals surface area contributed by atoms with Crippen molar-refractivity contribution in [2.24, 2.45) is 5.92 Å². The Morgan fingerprint density at radius 1 is 1.03 bits per heavy atom. The molecule has 4 rings (SSSR count). The first-order valence-corrected chi connectivity index (χ1v) is 9.90. The summed E-state index contributed by atoms with van der Waals surface area (Å²) in [7, 11) is 0. The number of nitrogens with zero attached hydrogens (tertiary/aromatic N) is 5. The van der Waals surface area contributed by atoms with Crippen LogP contribution in [0.4, 0.5) is 18.9 Å². The van der Waals surface area contributed by atoms with Crippen molar-refractivity contribution in [3.8, 4) is 5.82 Å². The number of carbonyl (C=O) groups excluding carboxylic acids is 2. The smallest absolute Gasteiger partial charge is 0.339 e. The molecule has 2 amide bonds. The Labute approximate surface area is 181 Å². The SMILES string of the molecule is O=C(Nc1ccc(-n2cncn2)nc1)C1CCN(C(=O)c2ccc(C(F)(F)F)cc2)CC1. The third-order valence-corrected chi connectivity index (χ3v) is 5.28. The highest BCUT2D eigenvalue weighted by molar-refractivity contribution is 5.95. The summed E-state index contributed by atoms with van der Waals surface area (Å²) in [5, 5.41) is 6.81. The molecule has 0 radical (unpaired) electrons. The molecule has 0 bridgehead atoms. The van der Waals surface area contributed by atoms with E-state index in [-0.39, 0.29) is 23.3 Å².